The van der Waals surface area contributed by atoms with E-state index in [0.717, 1.165) is 18.3 Å². The molecule has 3 rings (SSSR count). The molecule has 1 amide bonds. The normalized spacial score (nSPS) is 16.8. The average molecular weight is 550 g/mol. The van der Waals surface area contributed by atoms with Crippen molar-refractivity contribution < 1.29 is 62.8 Å². The molecule has 1 aliphatic heterocycles. The number of halogens is 3. The summed E-state index contributed by atoms with van der Waals surface area (Å²) in [4.78, 5) is 20.7. The van der Waals surface area contributed by atoms with Crippen molar-refractivity contribution in [2.75, 3.05) is 32.5 Å². The molecule has 210 valence electrons. The monoisotopic (exact) mass is 550 g/mol. The number of amides is 1. The highest BCUT2D eigenvalue weighted by molar-refractivity contribution is 6.04. The molecule has 0 saturated carbocycles. The van der Waals surface area contributed by atoms with E-state index in [2.05, 4.69) is 30.1 Å². The predicted octanol–water partition coefficient (Wildman–Crippen LogP) is -0.883. The van der Waals surface area contributed by atoms with Gasteiger partial charge in [-0.2, -0.15) is 0 Å². The number of aliphatic hydroxyl groups is 6. The summed E-state index contributed by atoms with van der Waals surface area (Å²) >= 11 is 0. The molecule has 0 unspecified atom stereocenters. The number of morpholine rings is 1. The molecule has 0 bridgehead atoms. The van der Waals surface area contributed by atoms with Crippen molar-refractivity contribution in [3.8, 4) is 5.75 Å². The summed E-state index contributed by atoms with van der Waals surface area (Å²) in [7, 11) is 1.56. The third kappa shape index (κ3) is 9.80. The maximum Gasteiger partial charge on any atom is 0.453 e. The minimum Gasteiger partial charge on any atom is -0.415 e. The van der Waals surface area contributed by atoms with Gasteiger partial charge in [0.2, 0.25) is 6.93 Å². The zero-order chi connectivity index (χ0) is 28.5. The highest BCUT2D eigenvalue weighted by atomic mass is 19.3. The van der Waals surface area contributed by atoms with Gasteiger partial charge in [-0.3, -0.25) is 14.5 Å². The number of ether oxygens (including phenoxy) is 3. The molecule has 0 aliphatic carbocycles. The van der Waals surface area contributed by atoms with Crippen molar-refractivity contribution in [1.82, 2.24) is 10.3 Å². The van der Waals surface area contributed by atoms with Crippen LogP contribution in [0.4, 0.5) is 18.9 Å². The number of hydrogen-bond donors (Lipinski definition) is 8. The first kappa shape index (κ1) is 30.8. The Kier molecular flexibility index (Phi) is 10.9. The minimum atomic E-state index is -3.57. The molecule has 8 N–H and O–H groups in total. The molecule has 1 fully saturated rings. The quantitative estimate of drug-likeness (QED) is 0.188. The van der Waals surface area contributed by atoms with Crippen molar-refractivity contribution in [2.24, 2.45) is 4.99 Å². The van der Waals surface area contributed by atoms with Gasteiger partial charge in [0.05, 0.1) is 25.5 Å². The molecule has 1 aromatic heterocycles. The molecule has 0 radical (unpaired) electrons. The van der Waals surface area contributed by atoms with E-state index in [1.54, 1.807) is 7.05 Å². The summed E-state index contributed by atoms with van der Waals surface area (Å²) in [5.74, 6) is -1.34. The van der Waals surface area contributed by atoms with Gasteiger partial charge >= 0.3 is 12.3 Å². The van der Waals surface area contributed by atoms with Gasteiger partial charge in [0, 0.05) is 23.9 Å². The van der Waals surface area contributed by atoms with Gasteiger partial charge in [-0.1, -0.05) is 0 Å². The number of amidine groups is 1. The van der Waals surface area contributed by atoms with Crippen LogP contribution in [0.2, 0.25) is 0 Å². The number of nitrogens with zero attached hydrogens (tertiary/aromatic N) is 2. The van der Waals surface area contributed by atoms with Crippen LogP contribution in [0.25, 0.3) is 0 Å². The zero-order valence-electron chi connectivity index (χ0n) is 19.6. The van der Waals surface area contributed by atoms with Crippen molar-refractivity contribution in [3.05, 3.63) is 53.1 Å². The first-order chi connectivity index (χ1) is 17.8. The van der Waals surface area contributed by atoms with Gasteiger partial charge in [-0.25, -0.2) is 18.2 Å². The van der Waals surface area contributed by atoms with E-state index in [1.165, 1.54) is 12.1 Å². The second-order valence-electron chi connectivity index (χ2n) is 7.39. The zero-order valence-corrected chi connectivity index (χ0v) is 19.6. The Morgan fingerprint density at radius 3 is 2.50 bits per heavy atom. The number of pyridine rings is 1. The highest BCUT2D eigenvalue weighted by Gasteiger charge is 2.26. The standard InChI is InChI=1S/C20H23FN4O10.CH2F2/c1-22-16-9-33-8-15(25-16)13-5-11(2-3-14(13)21)24-18(26)17-10(7-34-19(27,28)29)4-12(6-23-17)35-20(30,31)32;2-1-3/h2-6,15,27-32H,7-9H2,1H3,(H,22,25)(H,24,26);1H2/t15-;/m0./s1. The molecule has 1 aromatic carbocycles. The summed E-state index contributed by atoms with van der Waals surface area (Å²) in [5.41, 5.74) is -0.228. The molecule has 1 atom stereocenters. The summed E-state index contributed by atoms with van der Waals surface area (Å²) < 4.78 is 47.9. The van der Waals surface area contributed by atoms with Crippen molar-refractivity contribution >= 4 is 17.4 Å². The smallest absolute Gasteiger partial charge is 0.415 e. The van der Waals surface area contributed by atoms with Crippen LogP contribution in [0.3, 0.4) is 0 Å². The summed E-state index contributed by atoms with van der Waals surface area (Å²) in [6.45, 7) is -2.16. The van der Waals surface area contributed by atoms with Crippen molar-refractivity contribution in [2.45, 2.75) is 25.0 Å². The van der Waals surface area contributed by atoms with Crippen LogP contribution in [0.5, 0.6) is 5.75 Å². The lowest BCUT2D eigenvalue weighted by Gasteiger charge is -2.27. The number of aliphatic imine (C=N–C) groups is 1. The molecular formula is C21H25F3N4O10. The summed E-state index contributed by atoms with van der Waals surface area (Å²) in [5, 5.41) is 59.3. The average Bonchev–Trinajstić information content (AvgIpc) is 2.83. The molecule has 0 spiro atoms. The molecule has 17 heteroatoms. The van der Waals surface area contributed by atoms with Gasteiger partial charge in [-0.15, -0.1) is 0 Å². The second-order valence-corrected chi connectivity index (χ2v) is 7.39. The minimum absolute atomic E-state index is 0.158. The molecule has 2 aromatic rings. The Balaban J connectivity index is 0.00000161. The first-order valence-corrected chi connectivity index (χ1v) is 10.4. The Bertz CT molecular complexity index is 1130. The highest BCUT2D eigenvalue weighted by Crippen LogP contribution is 2.25. The van der Waals surface area contributed by atoms with E-state index in [4.69, 9.17) is 35.4 Å². The van der Waals surface area contributed by atoms with Gasteiger partial charge < -0.3 is 50.7 Å². The third-order valence-electron chi connectivity index (χ3n) is 4.60. The summed E-state index contributed by atoms with van der Waals surface area (Å²) in [6, 6.07) is 4.19. The second kappa shape index (κ2) is 13.4. The Morgan fingerprint density at radius 2 is 1.89 bits per heavy atom. The number of carbonyl (C=O) groups is 1. The van der Waals surface area contributed by atoms with Crippen LogP contribution in [0, 0.1) is 5.82 Å². The number of benzene rings is 1. The van der Waals surface area contributed by atoms with Crippen LogP contribution in [-0.4, -0.2) is 86.9 Å². The Hall–Kier alpha value is -3.42. The summed E-state index contributed by atoms with van der Waals surface area (Å²) in [6.07, 6.45) is -6.27. The van der Waals surface area contributed by atoms with E-state index in [9.17, 15) is 18.0 Å². The number of rotatable bonds is 8. The van der Waals surface area contributed by atoms with E-state index < -0.39 is 49.4 Å². The maximum atomic E-state index is 14.5. The fraction of sp³-hybridized carbons (Fsp3) is 0.381. The van der Waals surface area contributed by atoms with Crippen LogP contribution < -0.4 is 15.4 Å². The molecule has 38 heavy (non-hydrogen) atoms. The molecule has 2 heterocycles. The number of anilines is 1. The van der Waals surface area contributed by atoms with E-state index in [1.807, 2.05) is 0 Å². The number of nitrogens with one attached hydrogen (secondary N) is 2. The lowest BCUT2D eigenvalue weighted by atomic mass is 10.0. The number of aromatic nitrogens is 1. The van der Waals surface area contributed by atoms with Crippen LogP contribution in [0.15, 0.2) is 35.5 Å². The fourth-order valence-electron chi connectivity index (χ4n) is 3.12. The lowest BCUT2D eigenvalue weighted by Crippen LogP contribution is -2.40. The van der Waals surface area contributed by atoms with Crippen LogP contribution >= 0.6 is 0 Å². The van der Waals surface area contributed by atoms with E-state index in [0.29, 0.717) is 5.84 Å². The number of carbonyl (C=O) groups excluding carboxylic acids is 1. The maximum absolute atomic E-state index is 14.5. The van der Waals surface area contributed by atoms with Crippen molar-refractivity contribution in [1.29, 1.82) is 0 Å². The third-order valence-corrected chi connectivity index (χ3v) is 4.60. The van der Waals surface area contributed by atoms with E-state index in [-0.39, 0.29) is 35.7 Å². The SMILES string of the molecule is CN=C1COC[C@@H](c2cc(NC(=O)c3ncc(OC(O)(O)O)cc3COC(O)(O)O)ccc2F)N1.FCF. The van der Waals surface area contributed by atoms with Crippen LogP contribution in [0.1, 0.15) is 27.7 Å². The Labute approximate surface area is 212 Å². The molecule has 1 aliphatic rings. The predicted molar refractivity (Wildman–Crippen MR) is 120 cm³/mol. The topological polar surface area (TPSA) is 215 Å². The molecular weight excluding hydrogens is 525 g/mol. The largest absolute Gasteiger partial charge is 0.453 e. The van der Waals surface area contributed by atoms with Crippen molar-refractivity contribution in [3.63, 3.8) is 0 Å². The fourth-order valence-corrected chi connectivity index (χ4v) is 3.12. The van der Waals surface area contributed by atoms with Gasteiger partial charge in [0.15, 0.2) is 0 Å². The first-order valence-electron chi connectivity index (χ1n) is 10.4. The number of hydrogen-bond acceptors (Lipinski definition) is 12. The lowest BCUT2D eigenvalue weighted by molar-refractivity contribution is -0.458. The van der Waals surface area contributed by atoms with Crippen LogP contribution in [-0.2, 0) is 16.1 Å². The number of alkyl halides is 2. The van der Waals surface area contributed by atoms with Gasteiger partial charge in [0.25, 0.3) is 5.91 Å². The molecule has 1 saturated heterocycles. The van der Waals surface area contributed by atoms with Gasteiger partial charge in [-0.05, 0) is 24.3 Å². The molecule has 14 nitrogen and oxygen atoms in total. The van der Waals surface area contributed by atoms with Gasteiger partial charge in [0.1, 0.15) is 29.7 Å². The Morgan fingerprint density at radius 1 is 1.21 bits per heavy atom. The van der Waals surface area contributed by atoms with E-state index >= 15 is 0 Å².